The normalized spacial score (nSPS) is 18.0. The second-order valence-electron chi connectivity index (χ2n) is 6.13. The van der Waals surface area contributed by atoms with Crippen LogP contribution in [-0.2, 0) is 4.79 Å². The molecule has 0 radical (unpaired) electrons. The van der Waals surface area contributed by atoms with Crippen LogP contribution in [-0.4, -0.2) is 47.1 Å². The van der Waals surface area contributed by atoms with Gasteiger partial charge in [-0.05, 0) is 31.5 Å². The molecule has 3 rings (SSSR count). The van der Waals surface area contributed by atoms with Crippen LogP contribution in [0.5, 0.6) is 0 Å². The van der Waals surface area contributed by atoms with E-state index < -0.39 is 0 Å². The lowest BCUT2D eigenvalue weighted by atomic mass is 9.98. The lowest BCUT2D eigenvalue weighted by Crippen LogP contribution is -2.42. The van der Waals surface area contributed by atoms with Crippen LogP contribution in [0.15, 0.2) is 41.4 Å². The summed E-state index contributed by atoms with van der Waals surface area (Å²) in [6, 6.07) is 6.12. The highest BCUT2D eigenvalue weighted by molar-refractivity contribution is 5.78. The van der Waals surface area contributed by atoms with E-state index in [4.69, 9.17) is 4.52 Å². The first-order valence-electron chi connectivity index (χ1n) is 8.35. The fourth-order valence-corrected chi connectivity index (χ4v) is 2.99. The van der Waals surface area contributed by atoms with Gasteiger partial charge in [-0.15, -0.1) is 6.58 Å². The third-order valence-electron chi connectivity index (χ3n) is 4.19. The number of carbonyl (C=O) groups is 1. The molecular weight excluding hydrogens is 323 g/mol. The molecule has 0 saturated carbocycles. The van der Waals surface area contributed by atoms with Crippen LogP contribution in [0.1, 0.15) is 24.7 Å². The van der Waals surface area contributed by atoms with Gasteiger partial charge in [-0.2, -0.15) is 4.98 Å². The van der Waals surface area contributed by atoms with Gasteiger partial charge in [0.2, 0.25) is 17.6 Å². The molecule has 2 aromatic rings. The Labute approximate surface area is 145 Å². The van der Waals surface area contributed by atoms with Gasteiger partial charge in [0, 0.05) is 18.7 Å². The molecule has 25 heavy (non-hydrogen) atoms. The third kappa shape index (κ3) is 4.51. The number of rotatable bonds is 6. The van der Waals surface area contributed by atoms with Crippen molar-refractivity contribution < 1.29 is 13.7 Å². The molecule has 1 fully saturated rings. The predicted octanol–water partition coefficient (Wildman–Crippen LogP) is 2.36. The maximum atomic E-state index is 13.3. The van der Waals surface area contributed by atoms with Gasteiger partial charge in [-0.25, -0.2) is 4.39 Å². The number of halogens is 1. The average molecular weight is 344 g/mol. The Morgan fingerprint density at radius 1 is 1.52 bits per heavy atom. The van der Waals surface area contributed by atoms with Crippen molar-refractivity contribution in [3.05, 3.63) is 48.6 Å². The van der Waals surface area contributed by atoms with Gasteiger partial charge in [0.15, 0.2) is 0 Å². The van der Waals surface area contributed by atoms with Crippen LogP contribution < -0.4 is 5.32 Å². The summed E-state index contributed by atoms with van der Waals surface area (Å²) < 4.78 is 18.7. The van der Waals surface area contributed by atoms with Gasteiger partial charge in [-0.1, -0.05) is 23.4 Å². The summed E-state index contributed by atoms with van der Waals surface area (Å²) in [6.45, 7) is 5.95. The van der Waals surface area contributed by atoms with E-state index in [0.717, 1.165) is 19.4 Å². The van der Waals surface area contributed by atoms with E-state index in [9.17, 15) is 9.18 Å². The number of benzene rings is 1. The van der Waals surface area contributed by atoms with Crippen molar-refractivity contribution in [1.82, 2.24) is 20.4 Å². The molecule has 0 bridgehead atoms. The molecule has 1 N–H and O–H groups in total. The summed E-state index contributed by atoms with van der Waals surface area (Å²) in [6.07, 6.45) is 3.54. The van der Waals surface area contributed by atoms with E-state index >= 15 is 0 Å². The number of hydrogen-bond acceptors (Lipinski definition) is 5. The minimum absolute atomic E-state index is 0.0217. The molecule has 1 atom stereocenters. The van der Waals surface area contributed by atoms with Crippen molar-refractivity contribution in [2.24, 2.45) is 0 Å². The highest BCUT2D eigenvalue weighted by atomic mass is 19.1. The Hall–Kier alpha value is -2.54. The number of amides is 1. The zero-order chi connectivity index (χ0) is 17.6. The van der Waals surface area contributed by atoms with E-state index in [-0.39, 0.29) is 17.6 Å². The standard InChI is InChI=1S/C18H21FN4O2/c1-2-8-20-16(24)12-23-9-4-6-14(11-23)18-21-17(22-25-18)13-5-3-7-15(19)10-13/h2-3,5,7,10,14H,1,4,6,8-9,11-12H2,(H,20,24)/t14-/m1/s1. The zero-order valence-corrected chi connectivity index (χ0v) is 13.9. The lowest BCUT2D eigenvalue weighted by molar-refractivity contribution is -0.122. The quantitative estimate of drug-likeness (QED) is 0.815. The van der Waals surface area contributed by atoms with Crippen molar-refractivity contribution in [3.63, 3.8) is 0 Å². The summed E-state index contributed by atoms with van der Waals surface area (Å²) in [5.41, 5.74) is 0.589. The van der Waals surface area contributed by atoms with Crippen LogP contribution in [0.25, 0.3) is 11.4 Å². The van der Waals surface area contributed by atoms with E-state index in [2.05, 4.69) is 26.9 Å². The van der Waals surface area contributed by atoms with Gasteiger partial charge < -0.3 is 9.84 Å². The fourth-order valence-electron chi connectivity index (χ4n) is 2.99. The molecule has 0 spiro atoms. The van der Waals surface area contributed by atoms with Crippen molar-refractivity contribution in [2.45, 2.75) is 18.8 Å². The predicted molar refractivity (Wildman–Crippen MR) is 91.3 cm³/mol. The molecule has 7 heteroatoms. The molecule has 1 aromatic heterocycles. The van der Waals surface area contributed by atoms with Crippen LogP contribution in [0.2, 0.25) is 0 Å². The second-order valence-corrected chi connectivity index (χ2v) is 6.13. The molecule has 1 aromatic carbocycles. The molecule has 1 aliphatic rings. The van der Waals surface area contributed by atoms with Crippen LogP contribution in [0.4, 0.5) is 4.39 Å². The van der Waals surface area contributed by atoms with Gasteiger partial charge >= 0.3 is 0 Å². The first kappa shape index (κ1) is 17.3. The Kier molecular flexibility index (Phi) is 5.55. The van der Waals surface area contributed by atoms with E-state index in [1.165, 1.54) is 12.1 Å². The largest absolute Gasteiger partial charge is 0.352 e. The van der Waals surface area contributed by atoms with Crippen LogP contribution >= 0.6 is 0 Å². The van der Waals surface area contributed by atoms with Gasteiger partial charge in [0.05, 0.1) is 12.5 Å². The molecule has 6 nitrogen and oxygen atoms in total. The van der Waals surface area contributed by atoms with Crippen molar-refractivity contribution in [3.8, 4) is 11.4 Å². The Bertz CT molecular complexity index is 746. The van der Waals surface area contributed by atoms with E-state index in [1.54, 1.807) is 18.2 Å². The van der Waals surface area contributed by atoms with E-state index in [0.29, 0.717) is 36.9 Å². The number of carbonyl (C=O) groups excluding carboxylic acids is 1. The SMILES string of the molecule is C=CCNC(=O)CN1CCC[C@@H](c2nc(-c3cccc(F)c3)no2)C1. The molecule has 132 valence electrons. The van der Waals surface area contributed by atoms with Gasteiger partial charge in [-0.3, -0.25) is 9.69 Å². The molecule has 0 unspecified atom stereocenters. The van der Waals surface area contributed by atoms with Gasteiger partial charge in [0.1, 0.15) is 5.82 Å². The second kappa shape index (κ2) is 8.02. The molecule has 1 saturated heterocycles. The Morgan fingerprint density at radius 3 is 3.20 bits per heavy atom. The first-order valence-corrected chi connectivity index (χ1v) is 8.35. The summed E-state index contributed by atoms with van der Waals surface area (Å²) in [7, 11) is 0. The number of nitrogens with zero attached hydrogens (tertiary/aromatic N) is 3. The molecule has 0 aliphatic carbocycles. The average Bonchev–Trinajstić information content (AvgIpc) is 3.10. The number of nitrogens with one attached hydrogen (secondary N) is 1. The van der Waals surface area contributed by atoms with Gasteiger partial charge in [0.25, 0.3) is 0 Å². The highest BCUT2D eigenvalue weighted by Crippen LogP contribution is 2.27. The molecule has 1 amide bonds. The number of hydrogen-bond donors (Lipinski definition) is 1. The van der Waals surface area contributed by atoms with Crippen LogP contribution in [0, 0.1) is 5.82 Å². The summed E-state index contributed by atoms with van der Waals surface area (Å²) in [4.78, 5) is 18.4. The van der Waals surface area contributed by atoms with Crippen molar-refractivity contribution in [1.29, 1.82) is 0 Å². The number of likely N-dealkylation sites (tertiary alicyclic amines) is 1. The molecule has 1 aliphatic heterocycles. The summed E-state index contributed by atoms with van der Waals surface area (Å²) >= 11 is 0. The third-order valence-corrected chi connectivity index (χ3v) is 4.19. The van der Waals surface area contributed by atoms with Crippen LogP contribution in [0.3, 0.4) is 0 Å². The Balaban J connectivity index is 1.64. The zero-order valence-electron chi connectivity index (χ0n) is 13.9. The number of piperidine rings is 1. The minimum atomic E-state index is -0.335. The summed E-state index contributed by atoms with van der Waals surface area (Å²) in [5.74, 6) is 0.645. The topological polar surface area (TPSA) is 71.3 Å². The Morgan fingerprint density at radius 2 is 2.40 bits per heavy atom. The monoisotopic (exact) mass is 344 g/mol. The smallest absolute Gasteiger partial charge is 0.234 e. The van der Waals surface area contributed by atoms with Crippen molar-refractivity contribution in [2.75, 3.05) is 26.2 Å². The fraction of sp³-hybridized carbons (Fsp3) is 0.389. The molecular formula is C18H21FN4O2. The first-order chi connectivity index (χ1) is 12.2. The lowest BCUT2D eigenvalue weighted by Gasteiger charge is -2.30. The minimum Gasteiger partial charge on any atom is -0.352 e. The maximum Gasteiger partial charge on any atom is 0.234 e. The maximum absolute atomic E-state index is 13.3. The summed E-state index contributed by atoms with van der Waals surface area (Å²) in [5, 5.41) is 6.75. The number of aromatic nitrogens is 2. The van der Waals surface area contributed by atoms with E-state index in [1.807, 2.05) is 0 Å². The van der Waals surface area contributed by atoms with Crippen molar-refractivity contribution >= 4 is 5.91 Å². The highest BCUT2D eigenvalue weighted by Gasteiger charge is 2.27. The molecule has 2 heterocycles.